The van der Waals surface area contributed by atoms with Crippen LogP contribution in [0.1, 0.15) is 26.3 Å². The van der Waals surface area contributed by atoms with Gasteiger partial charge in [0, 0.05) is 30.1 Å². The number of hydrogen-bond donors (Lipinski definition) is 2. The molecule has 0 radical (unpaired) electrons. The van der Waals surface area contributed by atoms with E-state index in [0.29, 0.717) is 5.95 Å². The highest BCUT2D eigenvalue weighted by atomic mass is 31.1. The molecule has 0 bridgehead atoms. The van der Waals surface area contributed by atoms with E-state index in [0.717, 1.165) is 28.2 Å². The first kappa shape index (κ1) is 24.9. The molecule has 1 amide bonds. The lowest BCUT2D eigenvalue weighted by Crippen LogP contribution is -2.06. The van der Waals surface area contributed by atoms with Crippen molar-refractivity contribution < 1.29 is 9.36 Å². The lowest BCUT2D eigenvalue weighted by atomic mass is 10.1. The molecule has 1 aromatic heterocycles. The summed E-state index contributed by atoms with van der Waals surface area (Å²) in [6.07, 6.45) is 1.73. The minimum atomic E-state index is -0.870. The smallest absolute Gasteiger partial charge is 0.326 e. The monoisotopic (exact) mass is 425 g/mol. The van der Waals surface area contributed by atoms with Crippen LogP contribution in [-0.2, 0) is 9.36 Å². The van der Waals surface area contributed by atoms with Crippen molar-refractivity contribution in [2.45, 2.75) is 27.7 Å². The van der Waals surface area contributed by atoms with Gasteiger partial charge in [-0.05, 0) is 30.7 Å². The fraction of sp³-hybridized carbons (Fsp3) is 0.261. The summed E-state index contributed by atoms with van der Waals surface area (Å²) < 4.78 is 9.59. The van der Waals surface area contributed by atoms with E-state index < -0.39 is 7.80 Å². The zero-order valence-corrected chi connectivity index (χ0v) is 19.3. The Hall–Kier alpha value is -3.11. The van der Waals surface area contributed by atoms with Crippen LogP contribution in [0.2, 0.25) is 0 Å². The van der Waals surface area contributed by atoms with Crippen LogP contribution in [0.15, 0.2) is 60.8 Å². The molecule has 0 aliphatic heterocycles. The van der Waals surface area contributed by atoms with Crippen LogP contribution in [0.25, 0.3) is 11.3 Å². The second-order valence-corrected chi connectivity index (χ2v) is 7.90. The molecule has 0 saturated heterocycles. The van der Waals surface area contributed by atoms with Gasteiger partial charge in [-0.1, -0.05) is 54.8 Å². The Morgan fingerprint density at radius 2 is 1.63 bits per heavy atom. The first-order valence-electron chi connectivity index (χ1n) is 9.73. The number of rotatable bonds is 4. The van der Waals surface area contributed by atoms with Crippen molar-refractivity contribution in [3.05, 3.63) is 66.4 Å². The van der Waals surface area contributed by atoms with Crippen LogP contribution in [0, 0.1) is 6.92 Å². The number of carbonyl (C=O) groups excluding carboxylic acids is 1. The van der Waals surface area contributed by atoms with Gasteiger partial charge < -0.3 is 10.6 Å². The predicted molar refractivity (Wildman–Crippen MR) is 127 cm³/mol. The summed E-state index contributed by atoms with van der Waals surface area (Å²) >= 11 is 0. The molecule has 1 heterocycles. The van der Waals surface area contributed by atoms with E-state index in [1.165, 1.54) is 6.92 Å². The normalized spacial score (nSPS) is 9.27. The highest BCUT2D eigenvalue weighted by molar-refractivity contribution is 7.42. The van der Waals surface area contributed by atoms with Crippen LogP contribution < -0.4 is 10.6 Å². The van der Waals surface area contributed by atoms with Crippen LogP contribution in [0.4, 0.5) is 17.3 Å². The van der Waals surface area contributed by atoms with Crippen molar-refractivity contribution in [2.24, 2.45) is 0 Å². The summed E-state index contributed by atoms with van der Waals surface area (Å²) in [5.41, 5.74) is 4.51. The van der Waals surface area contributed by atoms with Crippen LogP contribution in [0.3, 0.4) is 0 Å². The molecular formula is C23H30N4O2P+. The number of hydrogen-bond acceptors (Lipinski definition) is 5. The molecule has 0 aliphatic rings. The fourth-order valence-electron chi connectivity index (χ4n) is 2.35. The largest absolute Gasteiger partial charge is 0.332 e. The van der Waals surface area contributed by atoms with Crippen molar-refractivity contribution in [3.8, 4) is 11.3 Å². The minimum Gasteiger partial charge on any atom is -0.326 e. The molecular weight excluding hydrogens is 395 g/mol. The minimum absolute atomic E-state index is 0.105. The summed E-state index contributed by atoms with van der Waals surface area (Å²) in [4.78, 5) is 20.1. The van der Waals surface area contributed by atoms with Gasteiger partial charge >= 0.3 is 7.80 Å². The molecule has 2 N–H and O–H groups in total. The van der Waals surface area contributed by atoms with Gasteiger partial charge in [-0.15, -0.1) is 0 Å². The second-order valence-electron chi connectivity index (χ2n) is 6.28. The van der Waals surface area contributed by atoms with E-state index in [2.05, 4.69) is 20.6 Å². The lowest BCUT2D eigenvalue weighted by Gasteiger charge is -2.11. The molecule has 0 fully saturated rings. The number of amides is 1. The van der Waals surface area contributed by atoms with Gasteiger partial charge in [0.25, 0.3) is 0 Å². The summed E-state index contributed by atoms with van der Waals surface area (Å²) in [6, 6.07) is 17.5. The van der Waals surface area contributed by atoms with E-state index in [-0.39, 0.29) is 5.91 Å². The van der Waals surface area contributed by atoms with E-state index >= 15 is 0 Å². The Bertz CT molecular complexity index is 958. The number of aryl methyl sites for hydroxylation is 1. The van der Waals surface area contributed by atoms with Gasteiger partial charge in [0.2, 0.25) is 11.9 Å². The Balaban J connectivity index is 0.000000673. The molecule has 0 spiro atoms. The Morgan fingerprint density at radius 3 is 2.23 bits per heavy atom. The maximum Gasteiger partial charge on any atom is 0.332 e. The van der Waals surface area contributed by atoms with Crippen molar-refractivity contribution in [2.75, 3.05) is 24.0 Å². The molecule has 3 rings (SSSR count). The summed E-state index contributed by atoms with van der Waals surface area (Å²) in [6.45, 7) is 10.8. The van der Waals surface area contributed by atoms with E-state index in [4.69, 9.17) is 0 Å². The van der Waals surface area contributed by atoms with Gasteiger partial charge in [0.1, 0.15) is 13.3 Å². The van der Waals surface area contributed by atoms with Crippen molar-refractivity contribution >= 4 is 31.0 Å². The SMILES string of the molecule is CC.CC(=O)Nc1ccc(C)c(Nc2nccc(-c3ccccc3)n2)c1.C[P+](C)=O. The highest BCUT2D eigenvalue weighted by Crippen LogP contribution is 2.24. The number of benzene rings is 2. The maximum absolute atomic E-state index is 11.2. The van der Waals surface area contributed by atoms with Gasteiger partial charge in [0.05, 0.1) is 5.69 Å². The molecule has 3 aromatic rings. The molecule has 6 nitrogen and oxygen atoms in total. The van der Waals surface area contributed by atoms with Gasteiger partial charge in [-0.3, -0.25) is 4.79 Å². The number of aromatic nitrogens is 2. The van der Waals surface area contributed by atoms with Gasteiger partial charge in [0.15, 0.2) is 0 Å². The summed E-state index contributed by atoms with van der Waals surface area (Å²) in [7, 11) is -0.870. The number of nitrogens with zero attached hydrogens (tertiary/aromatic N) is 2. The first-order valence-corrected chi connectivity index (χ1v) is 11.9. The number of carbonyl (C=O) groups is 1. The molecule has 30 heavy (non-hydrogen) atoms. The van der Waals surface area contributed by atoms with E-state index in [1.807, 2.05) is 75.4 Å². The summed E-state index contributed by atoms with van der Waals surface area (Å²) in [5, 5.41) is 6.00. The van der Waals surface area contributed by atoms with E-state index in [1.54, 1.807) is 19.5 Å². The van der Waals surface area contributed by atoms with Crippen molar-refractivity contribution in [1.82, 2.24) is 9.97 Å². The number of anilines is 3. The zero-order chi connectivity index (χ0) is 22.5. The van der Waals surface area contributed by atoms with Crippen LogP contribution in [-0.4, -0.2) is 29.2 Å². The third kappa shape index (κ3) is 8.93. The summed E-state index contributed by atoms with van der Waals surface area (Å²) in [5.74, 6) is 0.409. The third-order valence-electron chi connectivity index (χ3n) is 3.53. The van der Waals surface area contributed by atoms with E-state index in [9.17, 15) is 9.36 Å². The highest BCUT2D eigenvalue weighted by Gasteiger charge is 2.06. The molecule has 7 heteroatoms. The first-order chi connectivity index (χ1) is 14.3. The molecule has 2 aromatic carbocycles. The van der Waals surface area contributed by atoms with Crippen LogP contribution >= 0.6 is 7.80 Å². The Labute approximate surface area is 180 Å². The average Bonchev–Trinajstić information content (AvgIpc) is 2.72. The Morgan fingerprint density at radius 1 is 1.00 bits per heavy atom. The molecule has 0 unspecified atom stereocenters. The third-order valence-corrected chi connectivity index (χ3v) is 3.53. The zero-order valence-electron chi connectivity index (χ0n) is 18.4. The van der Waals surface area contributed by atoms with Gasteiger partial charge in [-0.25, -0.2) is 9.97 Å². The van der Waals surface area contributed by atoms with Crippen molar-refractivity contribution in [3.63, 3.8) is 0 Å². The fourth-order valence-corrected chi connectivity index (χ4v) is 2.35. The quantitative estimate of drug-likeness (QED) is 0.483. The maximum atomic E-state index is 11.2. The Kier molecular flexibility index (Phi) is 10.9. The topological polar surface area (TPSA) is 84.0 Å². The predicted octanol–water partition coefficient (Wildman–Crippen LogP) is 6.25. The van der Waals surface area contributed by atoms with Gasteiger partial charge in [-0.2, -0.15) is 0 Å². The molecule has 158 valence electrons. The average molecular weight is 425 g/mol. The van der Waals surface area contributed by atoms with Crippen molar-refractivity contribution in [1.29, 1.82) is 0 Å². The lowest BCUT2D eigenvalue weighted by molar-refractivity contribution is -0.114. The second kappa shape index (κ2) is 13.2. The molecule has 0 atom stereocenters. The standard InChI is InChI=1S/C19H18N4O.C2H6OP.C2H6/c1-13-8-9-16(21-14(2)24)12-18(13)23-19-20-11-10-17(22-19)15-6-4-3-5-7-15;1-4(2)3;1-2/h3-12H,1-2H3,(H,21,24)(H,20,22,23);1-2H3;1-2H3/q;+1;. The molecule has 0 saturated carbocycles. The molecule has 0 aliphatic carbocycles. The van der Waals surface area contributed by atoms with Crippen LogP contribution in [0.5, 0.6) is 0 Å². The number of nitrogens with one attached hydrogen (secondary N) is 2.